The van der Waals surface area contributed by atoms with E-state index in [9.17, 15) is 4.79 Å². The fraction of sp³-hybridized carbons (Fsp3) is 0.357. The first kappa shape index (κ1) is 16.3. The zero-order valence-corrected chi connectivity index (χ0v) is 11.9. The Morgan fingerprint density at radius 2 is 2.10 bits per heavy atom. The molecule has 0 aliphatic heterocycles. The van der Waals surface area contributed by atoms with E-state index in [1.165, 1.54) is 6.08 Å². The molecule has 1 aromatic rings. The van der Waals surface area contributed by atoms with Crippen LogP contribution in [0, 0.1) is 0 Å². The Kier molecular flexibility index (Phi) is 6.28. The highest BCUT2D eigenvalue weighted by Crippen LogP contribution is 2.11. The summed E-state index contributed by atoms with van der Waals surface area (Å²) in [5, 5.41) is 18.3. The standard InChI is InChI=1S/C14H19BO5/c1-4-19-14(16)13(20-10(2)3)9-11-6-5-7-12(8-11)15(17)18/h5-10,17-18H,4H2,1-3H3. The molecule has 0 amide bonds. The van der Waals surface area contributed by atoms with E-state index in [1.807, 2.05) is 0 Å². The molecule has 0 heterocycles. The normalized spacial score (nSPS) is 11.4. The molecule has 1 rings (SSSR count). The first-order valence-electron chi connectivity index (χ1n) is 6.45. The van der Waals surface area contributed by atoms with E-state index in [4.69, 9.17) is 19.5 Å². The van der Waals surface area contributed by atoms with E-state index < -0.39 is 13.1 Å². The van der Waals surface area contributed by atoms with Crippen molar-refractivity contribution >= 4 is 24.6 Å². The molecular weight excluding hydrogens is 259 g/mol. The molecule has 6 heteroatoms. The molecular formula is C14H19BO5. The van der Waals surface area contributed by atoms with Crippen LogP contribution in [0.3, 0.4) is 0 Å². The van der Waals surface area contributed by atoms with Crippen molar-refractivity contribution in [2.24, 2.45) is 0 Å². The Hall–Kier alpha value is -1.79. The van der Waals surface area contributed by atoms with Crippen LogP contribution >= 0.6 is 0 Å². The summed E-state index contributed by atoms with van der Waals surface area (Å²) in [4.78, 5) is 11.8. The van der Waals surface area contributed by atoms with Gasteiger partial charge in [-0.05, 0) is 37.9 Å². The van der Waals surface area contributed by atoms with Gasteiger partial charge in [0.1, 0.15) is 0 Å². The third-order valence-electron chi connectivity index (χ3n) is 2.35. The first-order valence-corrected chi connectivity index (χ1v) is 6.45. The first-order chi connectivity index (χ1) is 9.43. The molecule has 0 aliphatic carbocycles. The fourth-order valence-corrected chi connectivity index (χ4v) is 1.56. The highest BCUT2D eigenvalue weighted by atomic mass is 16.6. The van der Waals surface area contributed by atoms with Crippen LogP contribution in [0.5, 0.6) is 0 Å². The lowest BCUT2D eigenvalue weighted by Crippen LogP contribution is -2.29. The molecule has 1 aromatic carbocycles. The fourth-order valence-electron chi connectivity index (χ4n) is 1.56. The van der Waals surface area contributed by atoms with Gasteiger partial charge < -0.3 is 19.5 Å². The topological polar surface area (TPSA) is 76.0 Å². The van der Waals surface area contributed by atoms with Gasteiger partial charge in [0, 0.05) is 0 Å². The lowest BCUT2D eigenvalue weighted by Gasteiger charge is -2.12. The molecule has 2 N–H and O–H groups in total. The van der Waals surface area contributed by atoms with E-state index in [2.05, 4.69) is 0 Å². The Labute approximate surface area is 119 Å². The molecule has 20 heavy (non-hydrogen) atoms. The number of carbonyl (C=O) groups is 1. The van der Waals surface area contributed by atoms with E-state index >= 15 is 0 Å². The lowest BCUT2D eigenvalue weighted by atomic mass is 9.79. The van der Waals surface area contributed by atoms with Crippen LogP contribution in [-0.4, -0.2) is 35.8 Å². The predicted molar refractivity (Wildman–Crippen MR) is 77.1 cm³/mol. The Morgan fingerprint density at radius 1 is 1.40 bits per heavy atom. The van der Waals surface area contributed by atoms with Crippen LogP contribution < -0.4 is 5.46 Å². The number of hydrogen-bond donors (Lipinski definition) is 2. The van der Waals surface area contributed by atoms with Crippen LogP contribution in [0.1, 0.15) is 26.3 Å². The number of ether oxygens (including phenoxy) is 2. The zero-order valence-electron chi connectivity index (χ0n) is 11.9. The molecule has 0 aromatic heterocycles. The largest absolute Gasteiger partial charge is 0.488 e. The summed E-state index contributed by atoms with van der Waals surface area (Å²) in [5.41, 5.74) is 0.964. The third kappa shape index (κ3) is 5.07. The number of esters is 1. The average Bonchev–Trinajstić information content (AvgIpc) is 2.38. The van der Waals surface area contributed by atoms with Crippen molar-refractivity contribution in [1.29, 1.82) is 0 Å². The van der Waals surface area contributed by atoms with E-state index in [0.717, 1.165) is 0 Å². The van der Waals surface area contributed by atoms with Gasteiger partial charge in [0.05, 0.1) is 12.7 Å². The van der Waals surface area contributed by atoms with Gasteiger partial charge >= 0.3 is 13.1 Å². The lowest BCUT2D eigenvalue weighted by molar-refractivity contribution is -0.143. The number of carbonyl (C=O) groups excluding carboxylic acids is 1. The van der Waals surface area contributed by atoms with Gasteiger partial charge in [0.15, 0.2) is 0 Å². The Balaban J connectivity index is 3.05. The molecule has 0 bridgehead atoms. The monoisotopic (exact) mass is 278 g/mol. The van der Waals surface area contributed by atoms with E-state index in [-0.39, 0.29) is 18.5 Å². The summed E-state index contributed by atoms with van der Waals surface area (Å²) in [6.07, 6.45) is 1.35. The van der Waals surface area contributed by atoms with Crippen molar-refractivity contribution in [1.82, 2.24) is 0 Å². The van der Waals surface area contributed by atoms with Crippen LogP contribution in [0.2, 0.25) is 0 Å². The van der Waals surface area contributed by atoms with Crippen molar-refractivity contribution in [3.8, 4) is 0 Å². The summed E-state index contributed by atoms with van der Waals surface area (Å²) in [6, 6.07) is 6.54. The minimum absolute atomic E-state index is 0.0893. The Morgan fingerprint density at radius 3 is 2.65 bits per heavy atom. The van der Waals surface area contributed by atoms with Gasteiger partial charge in [-0.1, -0.05) is 24.3 Å². The molecule has 0 fully saturated rings. The molecule has 0 unspecified atom stereocenters. The zero-order chi connectivity index (χ0) is 15.1. The van der Waals surface area contributed by atoms with Gasteiger partial charge in [-0.2, -0.15) is 0 Å². The summed E-state index contributed by atoms with van der Waals surface area (Å²) in [5.74, 6) is -0.456. The molecule has 0 aliphatic rings. The summed E-state index contributed by atoms with van der Waals surface area (Å²) in [6.45, 7) is 5.59. The van der Waals surface area contributed by atoms with Crippen LogP contribution in [0.25, 0.3) is 6.08 Å². The maximum atomic E-state index is 11.8. The maximum absolute atomic E-state index is 11.8. The Bertz CT molecular complexity index is 482. The summed E-state index contributed by atoms with van der Waals surface area (Å²) >= 11 is 0. The van der Waals surface area contributed by atoms with Gasteiger partial charge in [0.2, 0.25) is 5.76 Å². The molecule has 0 spiro atoms. The minimum atomic E-state index is -1.56. The quantitative estimate of drug-likeness (QED) is 0.346. The second-order valence-electron chi connectivity index (χ2n) is 4.44. The number of rotatable bonds is 6. The average molecular weight is 278 g/mol. The second kappa shape index (κ2) is 7.72. The van der Waals surface area contributed by atoms with Crippen molar-refractivity contribution < 1.29 is 24.3 Å². The van der Waals surface area contributed by atoms with Crippen LogP contribution in [0.15, 0.2) is 30.0 Å². The highest BCUT2D eigenvalue weighted by molar-refractivity contribution is 6.58. The number of hydrogen-bond acceptors (Lipinski definition) is 5. The molecule has 5 nitrogen and oxygen atoms in total. The molecule has 0 saturated carbocycles. The number of benzene rings is 1. The van der Waals surface area contributed by atoms with E-state index in [0.29, 0.717) is 11.0 Å². The smallest absolute Gasteiger partial charge is 0.484 e. The SMILES string of the molecule is CCOC(=O)C(=Cc1cccc(B(O)O)c1)OC(C)C. The van der Waals surface area contributed by atoms with Crippen molar-refractivity contribution in [3.63, 3.8) is 0 Å². The highest BCUT2D eigenvalue weighted by Gasteiger charge is 2.15. The van der Waals surface area contributed by atoms with Gasteiger partial charge in [-0.25, -0.2) is 4.79 Å². The molecule has 0 radical (unpaired) electrons. The van der Waals surface area contributed by atoms with Gasteiger partial charge in [-0.15, -0.1) is 0 Å². The van der Waals surface area contributed by atoms with Crippen molar-refractivity contribution in [2.75, 3.05) is 6.61 Å². The maximum Gasteiger partial charge on any atom is 0.488 e. The van der Waals surface area contributed by atoms with Crippen molar-refractivity contribution in [3.05, 3.63) is 35.6 Å². The second-order valence-corrected chi connectivity index (χ2v) is 4.44. The predicted octanol–water partition coefficient (Wildman–Crippen LogP) is 0.695. The van der Waals surface area contributed by atoms with Crippen molar-refractivity contribution in [2.45, 2.75) is 26.9 Å². The van der Waals surface area contributed by atoms with Crippen LogP contribution in [0.4, 0.5) is 0 Å². The molecule has 0 saturated heterocycles. The van der Waals surface area contributed by atoms with Gasteiger partial charge in [-0.3, -0.25) is 0 Å². The summed E-state index contributed by atoms with van der Waals surface area (Å²) < 4.78 is 10.4. The molecule has 0 atom stereocenters. The third-order valence-corrected chi connectivity index (χ3v) is 2.35. The summed E-state index contributed by atoms with van der Waals surface area (Å²) in [7, 11) is -1.56. The molecule has 108 valence electrons. The minimum Gasteiger partial charge on any atom is -0.484 e. The van der Waals surface area contributed by atoms with Gasteiger partial charge in [0.25, 0.3) is 0 Å². The van der Waals surface area contributed by atoms with Crippen LogP contribution in [-0.2, 0) is 14.3 Å². The van der Waals surface area contributed by atoms with E-state index in [1.54, 1.807) is 45.0 Å².